The Labute approximate surface area is 163 Å². The van der Waals surface area contributed by atoms with Crippen molar-refractivity contribution < 1.29 is 8.78 Å². The highest BCUT2D eigenvalue weighted by Gasteiger charge is 2.39. The molecule has 0 aliphatic carbocycles. The third-order valence-electron chi connectivity index (χ3n) is 5.15. The summed E-state index contributed by atoms with van der Waals surface area (Å²) in [6.07, 6.45) is 8.52. The van der Waals surface area contributed by atoms with Gasteiger partial charge in [-0.15, -0.1) is 0 Å². The van der Waals surface area contributed by atoms with Crippen LogP contribution in [0.2, 0.25) is 0 Å². The molecule has 4 nitrogen and oxygen atoms in total. The molecule has 1 unspecified atom stereocenters. The molecule has 0 saturated heterocycles. The molecule has 0 spiro atoms. The monoisotopic (exact) mass is 385 g/mol. The number of benzene rings is 1. The smallest absolute Gasteiger partial charge is 0.261 e. The number of rotatable bonds is 4. The van der Waals surface area contributed by atoms with Gasteiger partial charge in [-0.05, 0) is 36.3 Å². The molecule has 0 bridgehead atoms. The zero-order valence-electron chi connectivity index (χ0n) is 16.5. The average molecular weight is 385 g/mol. The molecule has 0 amide bonds. The summed E-state index contributed by atoms with van der Waals surface area (Å²) in [6, 6.07) is 5.37. The summed E-state index contributed by atoms with van der Waals surface area (Å²) in [7, 11) is 1.73. The number of nitrogens with zero attached hydrogens (tertiary/aromatic N) is 3. The summed E-state index contributed by atoms with van der Waals surface area (Å²) in [6.45, 7) is 3.53. The molecule has 2 aromatic rings. The molecule has 6 heteroatoms. The number of halogens is 2. The standard InChI is InChI=1S/C22H25F2N3O/c1-4-5-6-17(25-3)9-7-16-8-10-18-19(13-16)26-20-11-12-22(23,24)15(2)14-27(20)21(18)28/h5-10,13,15H,4,11-12,14H2,1-3H3/b6-5-,9-7+,25-17?. The fourth-order valence-corrected chi connectivity index (χ4v) is 3.32. The van der Waals surface area contributed by atoms with E-state index < -0.39 is 11.8 Å². The van der Waals surface area contributed by atoms with Crippen LogP contribution in [0, 0.1) is 5.92 Å². The van der Waals surface area contributed by atoms with Gasteiger partial charge in [-0.1, -0.05) is 32.1 Å². The van der Waals surface area contributed by atoms with E-state index in [1.807, 2.05) is 36.4 Å². The van der Waals surface area contributed by atoms with Crippen LogP contribution >= 0.6 is 0 Å². The third-order valence-corrected chi connectivity index (χ3v) is 5.15. The summed E-state index contributed by atoms with van der Waals surface area (Å²) < 4.78 is 29.6. The van der Waals surface area contributed by atoms with E-state index in [9.17, 15) is 13.6 Å². The molecular weight excluding hydrogens is 360 g/mol. The highest BCUT2D eigenvalue weighted by Crippen LogP contribution is 2.33. The lowest BCUT2D eigenvalue weighted by molar-refractivity contribution is -0.0593. The molecule has 1 aliphatic heterocycles. The van der Waals surface area contributed by atoms with Gasteiger partial charge < -0.3 is 0 Å². The number of aryl methyl sites for hydroxylation is 1. The first-order valence-electron chi connectivity index (χ1n) is 9.58. The largest absolute Gasteiger partial charge is 0.296 e. The van der Waals surface area contributed by atoms with Gasteiger partial charge >= 0.3 is 0 Å². The fraction of sp³-hybridized carbons (Fsp3) is 0.409. The summed E-state index contributed by atoms with van der Waals surface area (Å²) in [5.74, 6) is -3.25. The molecule has 1 aliphatic rings. The molecule has 148 valence electrons. The molecule has 0 radical (unpaired) electrons. The molecule has 0 N–H and O–H groups in total. The Bertz CT molecular complexity index is 1020. The van der Waals surface area contributed by atoms with E-state index in [1.54, 1.807) is 13.1 Å². The zero-order chi connectivity index (χ0) is 20.3. The van der Waals surface area contributed by atoms with Crippen LogP contribution in [0.25, 0.3) is 17.0 Å². The average Bonchev–Trinajstić information content (AvgIpc) is 2.79. The lowest BCUT2D eigenvalue weighted by Crippen LogP contribution is -2.31. The van der Waals surface area contributed by atoms with Crippen molar-refractivity contribution in [1.29, 1.82) is 0 Å². The predicted octanol–water partition coefficient (Wildman–Crippen LogP) is 4.66. The Kier molecular flexibility index (Phi) is 5.87. The van der Waals surface area contributed by atoms with Gasteiger partial charge in [0.2, 0.25) is 0 Å². The van der Waals surface area contributed by atoms with Crippen LogP contribution in [-0.2, 0) is 13.0 Å². The molecule has 0 saturated carbocycles. The van der Waals surface area contributed by atoms with Gasteiger partial charge in [0, 0.05) is 32.4 Å². The number of hydrogen-bond donors (Lipinski definition) is 0. The van der Waals surface area contributed by atoms with E-state index in [4.69, 9.17) is 0 Å². The molecule has 1 aromatic carbocycles. The van der Waals surface area contributed by atoms with Crippen LogP contribution in [0.15, 0.2) is 46.2 Å². The topological polar surface area (TPSA) is 47.2 Å². The second-order valence-electron chi connectivity index (χ2n) is 7.17. The SMILES string of the molecule is CC/C=C\C(/C=C/c1ccc2c(=O)n3c(nc2c1)CCC(F)(F)C(C)C3)=NC. The fourth-order valence-electron chi connectivity index (χ4n) is 3.32. The molecule has 2 heterocycles. The summed E-state index contributed by atoms with van der Waals surface area (Å²) >= 11 is 0. The Hall–Kier alpha value is -2.63. The van der Waals surface area contributed by atoms with E-state index in [-0.39, 0.29) is 24.9 Å². The predicted molar refractivity (Wildman–Crippen MR) is 110 cm³/mol. The maximum Gasteiger partial charge on any atom is 0.261 e. The molecule has 1 atom stereocenters. The summed E-state index contributed by atoms with van der Waals surface area (Å²) in [5.41, 5.74) is 2.01. The quantitative estimate of drug-likeness (QED) is 0.719. The molecule has 28 heavy (non-hydrogen) atoms. The first-order chi connectivity index (χ1) is 13.4. The Morgan fingerprint density at radius 1 is 1.39 bits per heavy atom. The van der Waals surface area contributed by atoms with Crippen LogP contribution in [0.3, 0.4) is 0 Å². The number of aromatic nitrogens is 2. The van der Waals surface area contributed by atoms with Crippen molar-refractivity contribution in [3.05, 3.63) is 58.2 Å². The number of fused-ring (bicyclic) bond motifs is 2. The summed E-state index contributed by atoms with van der Waals surface area (Å²) in [4.78, 5) is 21.6. The van der Waals surface area contributed by atoms with E-state index >= 15 is 0 Å². The van der Waals surface area contributed by atoms with Crippen LogP contribution in [0.5, 0.6) is 0 Å². The Morgan fingerprint density at radius 3 is 2.89 bits per heavy atom. The minimum atomic E-state index is -2.79. The second kappa shape index (κ2) is 8.17. The van der Waals surface area contributed by atoms with Crippen molar-refractivity contribution in [1.82, 2.24) is 9.55 Å². The highest BCUT2D eigenvalue weighted by molar-refractivity contribution is 6.06. The number of allylic oxidation sites excluding steroid dienone is 3. The minimum absolute atomic E-state index is 0.00809. The van der Waals surface area contributed by atoms with Crippen LogP contribution in [-0.4, -0.2) is 28.2 Å². The van der Waals surface area contributed by atoms with Gasteiger partial charge in [0.25, 0.3) is 11.5 Å². The zero-order valence-corrected chi connectivity index (χ0v) is 16.5. The van der Waals surface area contributed by atoms with Gasteiger partial charge in [0.05, 0.1) is 16.6 Å². The molecular formula is C22H25F2N3O. The van der Waals surface area contributed by atoms with Gasteiger partial charge in [0.1, 0.15) is 5.82 Å². The third kappa shape index (κ3) is 4.11. The van der Waals surface area contributed by atoms with Gasteiger partial charge in [0.15, 0.2) is 0 Å². The number of alkyl halides is 2. The van der Waals surface area contributed by atoms with Crippen LogP contribution in [0.1, 0.15) is 38.1 Å². The molecule has 3 rings (SSSR count). The van der Waals surface area contributed by atoms with Crippen molar-refractivity contribution in [2.45, 2.75) is 45.6 Å². The van der Waals surface area contributed by atoms with Crippen molar-refractivity contribution in [3.63, 3.8) is 0 Å². The minimum Gasteiger partial charge on any atom is -0.296 e. The van der Waals surface area contributed by atoms with Crippen molar-refractivity contribution in [2.24, 2.45) is 10.9 Å². The second-order valence-corrected chi connectivity index (χ2v) is 7.17. The van der Waals surface area contributed by atoms with Gasteiger partial charge in [-0.3, -0.25) is 14.4 Å². The van der Waals surface area contributed by atoms with E-state index in [0.29, 0.717) is 16.7 Å². The highest BCUT2D eigenvalue weighted by atomic mass is 19.3. The number of hydrogen-bond acceptors (Lipinski definition) is 3. The normalized spacial score (nSPS) is 20.0. The summed E-state index contributed by atoms with van der Waals surface area (Å²) in [5, 5.41) is 0.452. The lowest BCUT2D eigenvalue weighted by atomic mass is 10.0. The van der Waals surface area contributed by atoms with Crippen molar-refractivity contribution in [2.75, 3.05) is 7.05 Å². The van der Waals surface area contributed by atoms with Crippen LogP contribution in [0.4, 0.5) is 8.78 Å². The first-order valence-corrected chi connectivity index (χ1v) is 9.58. The molecule has 1 aromatic heterocycles. The van der Waals surface area contributed by atoms with E-state index in [0.717, 1.165) is 17.7 Å². The van der Waals surface area contributed by atoms with Crippen molar-refractivity contribution >= 4 is 22.7 Å². The Balaban J connectivity index is 1.99. The van der Waals surface area contributed by atoms with Gasteiger partial charge in [-0.25, -0.2) is 13.8 Å². The lowest BCUT2D eigenvalue weighted by Gasteiger charge is -2.20. The molecule has 0 fully saturated rings. The number of aliphatic imine (C=N–C) groups is 1. The maximum absolute atomic E-state index is 14.1. The Morgan fingerprint density at radius 2 is 2.18 bits per heavy atom. The first kappa shape index (κ1) is 20.1. The van der Waals surface area contributed by atoms with Crippen LogP contribution < -0.4 is 5.56 Å². The van der Waals surface area contributed by atoms with E-state index in [2.05, 4.69) is 16.9 Å². The van der Waals surface area contributed by atoms with Gasteiger partial charge in [-0.2, -0.15) is 0 Å². The maximum atomic E-state index is 14.1. The van der Waals surface area contributed by atoms with Crippen molar-refractivity contribution in [3.8, 4) is 0 Å². The van der Waals surface area contributed by atoms with E-state index in [1.165, 1.54) is 11.5 Å².